The highest BCUT2D eigenvalue weighted by Crippen LogP contribution is 2.30. The minimum atomic E-state index is -0.206. The first-order chi connectivity index (χ1) is 13.3. The predicted octanol–water partition coefficient (Wildman–Crippen LogP) is 4.54. The highest BCUT2D eigenvalue weighted by atomic mass is 16.5. The van der Waals surface area contributed by atoms with E-state index < -0.39 is 0 Å². The third-order valence-corrected chi connectivity index (χ3v) is 3.84. The van der Waals surface area contributed by atoms with Gasteiger partial charge in [-0.05, 0) is 30.7 Å². The molecule has 0 spiro atoms. The van der Waals surface area contributed by atoms with Gasteiger partial charge in [0.25, 0.3) is 5.91 Å². The molecule has 27 heavy (non-hydrogen) atoms. The Morgan fingerprint density at radius 1 is 1.04 bits per heavy atom. The minimum Gasteiger partial charge on any atom is -0.455 e. The number of aromatic nitrogens is 2. The van der Waals surface area contributed by atoms with Crippen LogP contribution in [0.1, 0.15) is 30.3 Å². The van der Waals surface area contributed by atoms with E-state index in [0.29, 0.717) is 23.8 Å². The summed E-state index contributed by atoms with van der Waals surface area (Å²) in [5.74, 6) is 1.72. The molecule has 3 rings (SSSR count). The van der Waals surface area contributed by atoms with Gasteiger partial charge < -0.3 is 15.4 Å². The quantitative estimate of drug-likeness (QED) is 0.575. The average molecular weight is 362 g/mol. The standard InChI is InChI=1S/C21H22N4O2/c1-2-3-13-22-21(26)18-14-20(24-15-23-18)25-17-11-7-8-12-19(17)27-16-9-5-4-6-10-16/h4-12,14-15H,2-3,13H2,1H3,(H,22,26)(H,23,24,25). The zero-order valence-corrected chi connectivity index (χ0v) is 15.2. The van der Waals surface area contributed by atoms with Crippen LogP contribution in [-0.4, -0.2) is 22.4 Å². The van der Waals surface area contributed by atoms with Gasteiger partial charge in [0.2, 0.25) is 0 Å². The summed E-state index contributed by atoms with van der Waals surface area (Å²) < 4.78 is 5.94. The predicted molar refractivity (Wildman–Crippen MR) is 106 cm³/mol. The molecule has 0 radical (unpaired) electrons. The van der Waals surface area contributed by atoms with Crippen molar-refractivity contribution in [2.75, 3.05) is 11.9 Å². The van der Waals surface area contributed by atoms with Gasteiger partial charge in [0.15, 0.2) is 5.75 Å². The zero-order chi connectivity index (χ0) is 18.9. The fraction of sp³-hybridized carbons (Fsp3) is 0.190. The third kappa shape index (κ3) is 5.28. The first kappa shape index (κ1) is 18.4. The zero-order valence-electron chi connectivity index (χ0n) is 15.2. The number of hydrogen-bond acceptors (Lipinski definition) is 5. The van der Waals surface area contributed by atoms with Crippen molar-refractivity contribution in [3.05, 3.63) is 72.7 Å². The fourth-order valence-electron chi connectivity index (χ4n) is 2.43. The Hall–Kier alpha value is -3.41. The van der Waals surface area contributed by atoms with Crippen LogP contribution in [0, 0.1) is 0 Å². The maximum Gasteiger partial charge on any atom is 0.270 e. The summed E-state index contributed by atoms with van der Waals surface area (Å²) in [5.41, 5.74) is 1.07. The molecule has 2 aromatic carbocycles. The van der Waals surface area contributed by atoms with E-state index in [4.69, 9.17) is 4.74 Å². The first-order valence-electron chi connectivity index (χ1n) is 8.95. The molecule has 0 aliphatic carbocycles. The number of hydrogen-bond donors (Lipinski definition) is 2. The molecule has 2 N–H and O–H groups in total. The third-order valence-electron chi connectivity index (χ3n) is 3.84. The Kier molecular flexibility index (Phi) is 6.35. The molecule has 6 heteroatoms. The Labute approximate surface area is 158 Å². The summed E-state index contributed by atoms with van der Waals surface area (Å²) in [6.45, 7) is 2.71. The van der Waals surface area contributed by atoms with Crippen LogP contribution in [0.3, 0.4) is 0 Å². The van der Waals surface area contributed by atoms with E-state index in [9.17, 15) is 4.79 Å². The van der Waals surface area contributed by atoms with Gasteiger partial charge in [-0.1, -0.05) is 43.7 Å². The van der Waals surface area contributed by atoms with Crippen LogP contribution in [-0.2, 0) is 0 Å². The molecule has 1 aromatic heterocycles. The lowest BCUT2D eigenvalue weighted by molar-refractivity contribution is 0.0948. The van der Waals surface area contributed by atoms with Gasteiger partial charge in [-0.15, -0.1) is 0 Å². The van der Waals surface area contributed by atoms with E-state index >= 15 is 0 Å². The molecule has 0 saturated heterocycles. The molecule has 6 nitrogen and oxygen atoms in total. The van der Waals surface area contributed by atoms with Crippen LogP contribution in [0.4, 0.5) is 11.5 Å². The molecule has 0 aliphatic heterocycles. The van der Waals surface area contributed by atoms with Crippen LogP contribution < -0.4 is 15.4 Å². The van der Waals surface area contributed by atoms with Crippen LogP contribution in [0.2, 0.25) is 0 Å². The summed E-state index contributed by atoms with van der Waals surface area (Å²) in [4.78, 5) is 20.4. The minimum absolute atomic E-state index is 0.206. The van der Waals surface area contributed by atoms with Crippen molar-refractivity contribution in [2.24, 2.45) is 0 Å². The molecule has 1 heterocycles. The molecule has 138 valence electrons. The summed E-state index contributed by atoms with van der Waals surface area (Å²) in [6.07, 6.45) is 3.33. The van der Waals surface area contributed by atoms with Crippen LogP contribution in [0.25, 0.3) is 0 Å². The summed E-state index contributed by atoms with van der Waals surface area (Å²) in [6, 6.07) is 18.7. The van der Waals surface area contributed by atoms with Gasteiger partial charge >= 0.3 is 0 Å². The number of nitrogens with one attached hydrogen (secondary N) is 2. The molecule has 0 aliphatic rings. The summed E-state index contributed by atoms with van der Waals surface area (Å²) in [7, 11) is 0. The smallest absolute Gasteiger partial charge is 0.270 e. The van der Waals surface area contributed by atoms with Crippen molar-refractivity contribution in [2.45, 2.75) is 19.8 Å². The fourth-order valence-corrected chi connectivity index (χ4v) is 2.43. The lowest BCUT2D eigenvalue weighted by atomic mass is 10.2. The highest BCUT2D eigenvalue weighted by molar-refractivity contribution is 5.93. The number of rotatable bonds is 8. The molecule has 0 atom stereocenters. The molecular weight excluding hydrogens is 340 g/mol. The summed E-state index contributed by atoms with van der Waals surface area (Å²) in [5, 5.41) is 6.05. The Morgan fingerprint density at radius 3 is 2.63 bits per heavy atom. The molecule has 1 amide bonds. The van der Waals surface area contributed by atoms with Crippen molar-refractivity contribution < 1.29 is 9.53 Å². The maximum absolute atomic E-state index is 12.2. The number of nitrogens with zero attached hydrogens (tertiary/aromatic N) is 2. The molecule has 0 saturated carbocycles. The van der Waals surface area contributed by atoms with Gasteiger partial charge in [0.1, 0.15) is 23.6 Å². The van der Waals surface area contributed by atoms with Gasteiger partial charge in [0.05, 0.1) is 5.69 Å². The average Bonchev–Trinajstić information content (AvgIpc) is 2.71. The number of amides is 1. The Morgan fingerprint density at radius 2 is 1.81 bits per heavy atom. The highest BCUT2D eigenvalue weighted by Gasteiger charge is 2.10. The van der Waals surface area contributed by atoms with Gasteiger partial charge in [-0.2, -0.15) is 0 Å². The van der Waals surface area contributed by atoms with Crippen LogP contribution in [0.5, 0.6) is 11.5 Å². The van der Waals surface area contributed by atoms with E-state index in [0.717, 1.165) is 24.3 Å². The van der Waals surface area contributed by atoms with Crippen molar-refractivity contribution >= 4 is 17.4 Å². The Balaban J connectivity index is 1.74. The number of anilines is 2. The van der Waals surface area contributed by atoms with Crippen LogP contribution >= 0.6 is 0 Å². The van der Waals surface area contributed by atoms with E-state index in [2.05, 4.69) is 27.5 Å². The SMILES string of the molecule is CCCCNC(=O)c1cc(Nc2ccccc2Oc2ccccc2)ncn1. The van der Waals surface area contributed by atoms with Crippen molar-refractivity contribution in [1.29, 1.82) is 0 Å². The van der Waals surface area contributed by atoms with Gasteiger partial charge in [-0.3, -0.25) is 4.79 Å². The van der Waals surface area contributed by atoms with Crippen molar-refractivity contribution in [3.8, 4) is 11.5 Å². The second kappa shape index (κ2) is 9.33. The molecular formula is C21H22N4O2. The van der Waals surface area contributed by atoms with Crippen molar-refractivity contribution in [3.63, 3.8) is 0 Å². The number of unbranched alkanes of at least 4 members (excludes halogenated alkanes) is 1. The topological polar surface area (TPSA) is 76.1 Å². The molecule has 0 unspecified atom stereocenters. The Bertz CT molecular complexity index is 884. The van der Waals surface area contributed by atoms with Crippen molar-refractivity contribution in [1.82, 2.24) is 15.3 Å². The lowest BCUT2D eigenvalue weighted by Gasteiger charge is -2.13. The second-order valence-corrected chi connectivity index (χ2v) is 5.93. The maximum atomic E-state index is 12.2. The number of carbonyl (C=O) groups is 1. The monoisotopic (exact) mass is 362 g/mol. The number of benzene rings is 2. The molecule has 3 aromatic rings. The largest absolute Gasteiger partial charge is 0.455 e. The van der Waals surface area contributed by atoms with E-state index in [1.807, 2.05) is 54.6 Å². The number of ether oxygens (including phenoxy) is 1. The molecule has 0 bridgehead atoms. The van der Waals surface area contributed by atoms with E-state index in [-0.39, 0.29) is 5.91 Å². The molecule has 0 fully saturated rings. The second-order valence-electron chi connectivity index (χ2n) is 5.93. The lowest BCUT2D eigenvalue weighted by Crippen LogP contribution is -2.25. The van der Waals surface area contributed by atoms with Gasteiger partial charge in [0, 0.05) is 12.6 Å². The summed E-state index contributed by atoms with van der Waals surface area (Å²) >= 11 is 0. The van der Waals surface area contributed by atoms with Gasteiger partial charge in [-0.25, -0.2) is 9.97 Å². The van der Waals surface area contributed by atoms with Crippen LogP contribution in [0.15, 0.2) is 67.0 Å². The van der Waals surface area contributed by atoms with E-state index in [1.165, 1.54) is 6.33 Å². The number of carbonyl (C=O) groups excluding carboxylic acids is 1. The first-order valence-corrected chi connectivity index (χ1v) is 8.95. The normalized spacial score (nSPS) is 10.3. The number of para-hydroxylation sites is 3. The van der Waals surface area contributed by atoms with E-state index in [1.54, 1.807) is 6.07 Å².